The first-order valence-corrected chi connectivity index (χ1v) is 6.52. The molecule has 0 saturated heterocycles. The molecule has 3 heteroatoms. The lowest BCUT2D eigenvalue weighted by Crippen LogP contribution is -2.22. The zero-order valence-corrected chi connectivity index (χ0v) is 11.4. The van der Waals surface area contributed by atoms with Crippen LogP contribution >= 0.6 is 11.8 Å². The van der Waals surface area contributed by atoms with Crippen molar-refractivity contribution in [3.63, 3.8) is 0 Å². The van der Waals surface area contributed by atoms with Gasteiger partial charge < -0.3 is 0 Å². The molecule has 0 fully saturated rings. The van der Waals surface area contributed by atoms with Crippen molar-refractivity contribution in [1.82, 2.24) is 4.98 Å². The van der Waals surface area contributed by atoms with Crippen molar-refractivity contribution in [3.8, 4) is 0 Å². The minimum absolute atomic E-state index is 0.0376. The second-order valence-electron chi connectivity index (χ2n) is 5.03. The Bertz CT molecular complexity index is 447. The monoisotopic (exact) mass is 234 g/mol. The number of hydrogen-bond donors (Lipinski definition) is 0. The molecule has 0 bridgehead atoms. The van der Waals surface area contributed by atoms with Gasteiger partial charge in [-0.05, 0) is 13.0 Å². The van der Waals surface area contributed by atoms with E-state index in [4.69, 9.17) is 0 Å². The van der Waals surface area contributed by atoms with Crippen molar-refractivity contribution in [1.29, 1.82) is 0 Å². The zero-order valence-electron chi connectivity index (χ0n) is 10.5. The summed E-state index contributed by atoms with van der Waals surface area (Å²) in [5, 5.41) is 0.589. The van der Waals surface area contributed by atoms with Gasteiger partial charge in [-0.2, -0.15) is 0 Å². The molecule has 16 heavy (non-hydrogen) atoms. The lowest BCUT2D eigenvalue weighted by Gasteiger charge is -2.20. The van der Waals surface area contributed by atoms with E-state index in [0.29, 0.717) is 5.25 Å². The number of thioether (sulfide) groups is 1. The maximum Gasteiger partial charge on any atom is 0.155 e. The Hall–Kier alpha value is -0.830. The Morgan fingerprint density at radius 1 is 1.31 bits per heavy atom. The Morgan fingerprint density at radius 3 is 2.62 bits per heavy atom. The number of aliphatic imine (C=N–C) groups is 1. The van der Waals surface area contributed by atoms with Crippen LogP contribution in [0.15, 0.2) is 22.2 Å². The van der Waals surface area contributed by atoms with Gasteiger partial charge in [0.25, 0.3) is 0 Å². The fourth-order valence-electron chi connectivity index (χ4n) is 1.82. The first kappa shape index (κ1) is 11.6. The molecule has 1 aromatic heterocycles. The molecule has 0 aromatic carbocycles. The molecule has 1 aliphatic heterocycles. The largest absolute Gasteiger partial charge is 0.237 e. The quantitative estimate of drug-likeness (QED) is 0.723. The second kappa shape index (κ2) is 3.88. The van der Waals surface area contributed by atoms with Crippen LogP contribution in [-0.2, 0) is 5.41 Å². The average molecular weight is 234 g/mol. The highest BCUT2D eigenvalue weighted by molar-refractivity contribution is 7.99. The van der Waals surface area contributed by atoms with E-state index in [2.05, 4.69) is 50.7 Å². The van der Waals surface area contributed by atoms with Crippen molar-refractivity contribution < 1.29 is 0 Å². The molecule has 0 amide bonds. The van der Waals surface area contributed by atoms with E-state index in [-0.39, 0.29) is 5.41 Å². The van der Waals surface area contributed by atoms with Gasteiger partial charge in [0.15, 0.2) is 5.82 Å². The molecule has 0 atom stereocenters. The van der Waals surface area contributed by atoms with E-state index < -0.39 is 0 Å². The Labute approximate surface area is 102 Å². The fraction of sp³-hybridized carbons (Fsp3) is 0.538. The van der Waals surface area contributed by atoms with Gasteiger partial charge in [0.05, 0.1) is 0 Å². The Kier molecular flexibility index (Phi) is 2.82. The normalized spacial score (nSPS) is 17.5. The first-order valence-electron chi connectivity index (χ1n) is 5.64. The van der Waals surface area contributed by atoms with Crippen LogP contribution in [0, 0.1) is 0 Å². The van der Waals surface area contributed by atoms with Crippen molar-refractivity contribution >= 4 is 23.3 Å². The number of hydrogen-bond acceptors (Lipinski definition) is 3. The summed E-state index contributed by atoms with van der Waals surface area (Å²) in [5.41, 5.74) is 2.45. The molecule has 1 aliphatic rings. The highest BCUT2D eigenvalue weighted by Crippen LogP contribution is 2.40. The van der Waals surface area contributed by atoms with Crippen molar-refractivity contribution in [2.45, 2.75) is 50.2 Å². The van der Waals surface area contributed by atoms with Gasteiger partial charge >= 0.3 is 0 Å². The molecule has 0 aliphatic carbocycles. The van der Waals surface area contributed by atoms with Crippen LogP contribution < -0.4 is 0 Å². The third-order valence-electron chi connectivity index (χ3n) is 3.06. The van der Waals surface area contributed by atoms with Crippen LogP contribution in [0.2, 0.25) is 0 Å². The predicted molar refractivity (Wildman–Crippen MR) is 71.0 cm³/mol. The fourth-order valence-corrected chi connectivity index (χ4v) is 2.66. The maximum atomic E-state index is 4.52. The standard InChI is InChI=1S/C13H18N2S/c1-8(2)16-10-6-11-12(14-7-10)15-9(3)13(11,4)5/h6-8H,1-5H3. The highest BCUT2D eigenvalue weighted by Gasteiger charge is 2.33. The summed E-state index contributed by atoms with van der Waals surface area (Å²) in [4.78, 5) is 10.2. The molecule has 86 valence electrons. The van der Waals surface area contributed by atoms with E-state index in [9.17, 15) is 0 Å². The molecule has 1 aromatic rings. The molecule has 0 spiro atoms. The summed E-state index contributed by atoms with van der Waals surface area (Å²) in [7, 11) is 0. The molecule has 0 saturated carbocycles. The predicted octanol–water partition coefficient (Wildman–Crippen LogP) is 3.97. The topological polar surface area (TPSA) is 25.2 Å². The molecule has 2 nitrogen and oxygen atoms in total. The van der Waals surface area contributed by atoms with E-state index in [1.165, 1.54) is 10.5 Å². The number of aromatic nitrogens is 1. The van der Waals surface area contributed by atoms with Crippen LogP contribution in [0.25, 0.3) is 0 Å². The number of rotatable bonds is 2. The highest BCUT2D eigenvalue weighted by atomic mass is 32.2. The molecule has 0 N–H and O–H groups in total. The third kappa shape index (κ3) is 1.88. The first-order chi connectivity index (χ1) is 7.41. The van der Waals surface area contributed by atoms with Crippen LogP contribution in [0.3, 0.4) is 0 Å². The van der Waals surface area contributed by atoms with Gasteiger partial charge in [-0.25, -0.2) is 9.98 Å². The molecule has 2 heterocycles. The number of nitrogens with zero attached hydrogens (tertiary/aromatic N) is 2. The van der Waals surface area contributed by atoms with Crippen LogP contribution in [-0.4, -0.2) is 15.9 Å². The Balaban J connectivity index is 2.40. The van der Waals surface area contributed by atoms with Crippen LogP contribution in [0.4, 0.5) is 5.82 Å². The van der Waals surface area contributed by atoms with Gasteiger partial charge in [-0.15, -0.1) is 11.8 Å². The summed E-state index contributed by atoms with van der Waals surface area (Å²) >= 11 is 1.85. The summed E-state index contributed by atoms with van der Waals surface area (Å²) in [5.74, 6) is 0.899. The minimum atomic E-state index is 0.0376. The van der Waals surface area contributed by atoms with E-state index in [1.54, 1.807) is 0 Å². The lowest BCUT2D eigenvalue weighted by molar-refractivity contribution is 0.728. The molecular weight excluding hydrogens is 216 g/mol. The number of pyridine rings is 1. The molecular formula is C13H18N2S. The Morgan fingerprint density at radius 2 is 2.00 bits per heavy atom. The van der Waals surface area contributed by atoms with Crippen molar-refractivity contribution in [2.24, 2.45) is 4.99 Å². The van der Waals surface area contributed by atoms with Gasteiger partial charge in [0, 0.05) is 33.0 Å². The van der Waals surface area contributed by atoms with Crippen LogP contribution in [0.5, 0.6) is 0 Å². The summed E-state index contributed by atoms with van der Waals surface area (Å²) in [6, 6.07) is 2.24. The van der Waals surface area contributed by atoms with Crippen molar-refractivity contribution in [3.05, 3.63) is 17.8 Å². The van der Waals surface area contributed by atoms with Gasteiger partial charge in [-0.1, -0.05) is 27.7 Å². The lowest BCUT2D eigenvalue weighted by atomic mass is 9.83. The van der Waals surface area contributed by atoms with E-state index >= 15 is 0 Å². The third-order valence-corrected chi connectivity index (χ3v) is 4.03. The molecule has 2 rings (SSSR count). The van der Waals surface area contributed by atoms with Crippen molar-refractivity contribution in [2.75, 3.05) is 0 Å². The van der Waals surface area contributed by atoms with Gasteiger partial charge in [0.1, 0.15) is 0 Å². The molecule has 0 unspecified atom stereocenters. The second-order valence-corrected chi connectivity index (χ2v) is 6.68. The SMILES string of the molecule is CC1=Nc2ncc(SC(C)C)cc2C1(C)C. The van der Waals surface area contributed by atoms with E-state index in [0.717, 1.165) is 11.5 Å². The minimum Gasteiger partial charge on any atom is -0.237 e. The summed E-state index contributed by atoms with van der Waals surface area (Å²) in [6.07, 6.45) is 1.93. The smallest absolute Gasteiger partial charge is 0.155 e. The average Bonchev–Trinajstić information content (AvgIpc) is 2.39. The summed E-state index contributed by atoms with van der Waals surface area (Å²) in [6.45, 7) is 10.9. The zero-order chi connectivity index (χ0) is 11.9. The van der Waals surface area contributed by atoms with Gasteiger partial charge in [0.2, 0.25) is 0 Å². The van der Waals surface area contributed by atoms with E-state index in [1.807, 2.05) is 18.0 Å². The van der Waals surface area contributed by atoms with Crippen LogP contribution in [0.1, 0.15) is 40.2 Å². The molecule has 0 radical (unpaired) electrons. The van der Waals surface area contributed by atoms with Gasteiger partial charge in [-0.3, -0.25) is 0 Å². The summed E-state index contributed by atoms with van der Waals surface area (Å²) < 4.78 is 0. The number of fused-ring (bicyclic) bond motifs is 1. The maximum absolute atomic E-state index is 4.52.